The molecule has 0 radical (unpaired) electrons. The van der Waals surface area contributed by atoms with Crippen molar-refractivity contribution in [3.05, 3.63) is 47.5 Å². The number of carbonyl (C=O) groups excluding carboxylic acids is 1. The number of hydrogen-bond acceptors (Lipinski definition) is 5. The van der Waals surface area contributed by atoms with E-state index in [1.54, 1.807) is 26.0 Å². The topological polar surface area (TPSA) is 57.7 Å². The van der Waals surface area contributed by atoms with Crippen LogP contribution >= 0.6 is 0 Å². The SMILES string of the molecule is CCOC(=O)C(CC1CC2(CCCO2)C1)c1ccc(-c2c(OCC(F)F)ccc(C)c2F)cn1. The summed E-state index contributed by atoms with van der Waals surface area (Å²) in [6.45, 7) is 3.59. The first-order valence-corrected chi connectivity index (χ1v) is 11.8. The fourth-order valence-electron chi connectivity index (χ4n) is 5.11. The molecular formula is C26H30F3NO4. The third kappa shape index (κ3) is 5.22. The first kappa shape index (κ1) is 24.5. The molecule has 2 heterocycles. The van der Waals surface area contributed by atoms with Gasteiger partial charge in [-0.25, -0.2) is 13.2 Å². The van der Waals surface area contributed by atoms with Crippen molar-refractivity contribution in [3.63, 3.8) is 0 Å². The van der Waals surface area contributed by atoms with Gasteiger partial charge < -0.3 is 14.2 Å². The maximum atomic E-state index is 14.9. The number of nitrogens with zero attached hydrogens (tertiary/aromatic N) is 1. The number of ether oxygens (including phenoxy) is 3. The molecule has 4 rings (SSSR count). The van der Waals surface area contributed by atoms with E-state index in [4.69, 9.17) is 14.2 Å². The summed E-state index contributed by atoms with van der Waals surface area (Å²) in [5, 5.41) is 0. The molecule has 1 aromatic carbocycles. The van der Waals surface area contributed by atoms with Crippen LogP contribution in [0.25, 0.3) is 11.1 Å². The zero-order valence-electron chi connectivity index (χ0n) is 19.5. The summed E-state index contributed by atoms with van der Waals surface area (Å²) in [4.78, 5) is 17.2. The quantitative estimate of drug-likeness (QED) is 0.425. The zero-order chi connectivity index (χ0) is 24.3. The molecule has 2 aromatic rings. The number of carbonyl (C=O) groups is 1. The van der Waals surface area contributed by atoms with Crippen LogP contribution in [0.4, 0.5) is 13.2 Å². The molecule has 1 aliphatic heterocycles. The second kappa shape index (κ2) is 10.3. The van der Waals surface area contributed by atoms with Crippen LogP contribution in [0.15, 0.2) is 30.5 Å². The lowest BCUT2D eigenvalue weighted by Crippen LogP contribution is -2.44. The molecule has 2 aliphatic rings. The van der Waals surface area contributed by atoms with Crippen molar-refractivity contribution in [2.45, 2.75) is 63.9 Å². The molecule has 1 atom stereocenters. The van der Waals surface area contributed by atoms with Gasteiger partial charge in [-0.1, -0.05) is 12.1 Å². The van der Waals surface area contributed by atoms with Crippen LogP contribution in [0, 0.1) is 18.7 Å². The van der Waals surface area contributed by atoms with Crippen LogP contribution in [0.3, 0.4) is 0 Å². The van der Waals surface area contributed by atoms with Gasteiger partial charge in [0.2, 0.25) is 0 Å². The van der Waals surface area contributed by atoms with Crippen molar-refractivity contribution in [2.75, 3.05) is 19.8 Å². The van der Waals surface area contributed by atoms with Crippen LogP contribution in [-0.4, -0.2) is 42.8 Å². The van der Waals surface area contributed by atoms with Gasteiger partial charge >= 0.3 is 5.97 Å². The average molecular weight is 478 g/mol. The molecule has 0 N–H and O–H groups in total. The van der Waals surface area contributed by atoms with E-state index >= 15 is 0 Å². The van der Waals surface area contributed by atoms with E-state index in [9.17, 15) is 18.0 Å². The summed E-state index contributed by atoms with van der Waals surface area (Å²) in [5.41, 5.74) is 1.35. The number of halogens is 3. The number of benzene rings is 1. The van der Waals surface area contributed by atoms with Crippen molar-refractivity contribution in [3.8, 4) is 16.9 Å². The molecule has 5 nitrogen and oxygen atoms in total. The highest BCUT2D eigenvalue weighted by Gasteiger charge is 2.48. The summed E-state index contributed by atoms with van der Waals surface area (Å²) in [7, 11) is 0. The molecule has 1 aliphatic carbocycles. The lowest BCUT2D eigenvalue weighted by atomic mass is 9.66. The Balaban J connectivity index is 1.55. The van der Waals surface area contributed by atoms with Gasteiger partial charge in [-0.15, -0.1) is 0 Å². The van der Waals surface area contributed by atoms with Gasteiger partial charge in [0, 0.05) is 18.4 Å². The molecule has 0 bridgehead atoms. The van der Waals surface area contributed by atoms with E-state index in [0.29, 0.717) is 29.2 Å². The predicted octanol–water partition coefficient (Wildman–Crippen LogP) is 5.84. The van der Waals surface area contributed by atoms with E-state index in [1.807, 2.05) is 0 Å². The first-order valence-electron chi connectivity index (χ1n) is 11.8. The van der Waals surface area contributed by atoms with Crippen LogP contribution in [-0.2, 0) is 14.3 Å². The minimum Gasteiger partial charge on any atom is -0.487 e. The molecule has 2 fully saturated rings. The fraction of sp³-hybridized carbons (Fsp3) is 0.538. The monoisotopic (exact) mass is 477 g/mol. The van der Waals surface area contributed by atoms with Crippen LogP contribution < -0.4 is 4.74 Å². The van der Waals surface area contributed by atoms with Gasteiger partial charge in [0.15, 0.2) is 0 Å². The molecule has 0 amide bonds. The summed E-state index contributed by atoms with van der Waals surface area (Å²) in [5.74, 6) is -1.05. The maximum Gasteiger partial charge on any atom is 0.315 e. The first-order chi connectivity index (χ1) is 16.3. The second-order valence-electron chi connectivity index (χ2n) is 9.19. The smallest absolute Gasteiger partial charge is 0.315 e. The molecular weight excluding hydrogens is 447 g/mol. The number of pyridine rings is 1. The van der Waals surface area contributed by atoms with E-state index in [0.717, 1.165) is 32.3 Å². The predicted molar refractivity (Wildman–Crippen MR) is 120 cm³/mol. The minimum atomic E-state index is -2.68. The molecule has 1 saturated carbocycles. The Morgan fingerprint density at radius 2 is 2.06 bits per heavy atom. The molecule has 1 aromatic heterocycles. The van der Waals surface area contributed by atoms with E-state index in [2.05, 4.69) is 4.98 Å². The molecule has 1 unspecified atom stereocenters. The van der Waals surface area contributed by atoms with Crippen molar-refractivity contribution in [2.24, 2.45) is 5.92 Å². The van der Waals surface area contributed by atoms with E-state index < -0.39 is 24.8 Å². The van der Waals surface area contributed by atoms with Gasteiger partial charge in [-0.3, -0.25) is 9.78 Å². The number of aryl methyl sites for hydroxylation is 1. The van der Waals surface area contributed by atoms with Crippen LogP contribution in [0.5, 0.6) is 5.75 Å². The maximum absolute atomic E-state index is 14.9. The third-order valence-electron chi connectivity index (χ3n) is 6.74. The summed E-state index contributed by atoms with van der Waals surface area (Å²) in [6.07, 6.45) is 3.40. The van der Waals surface area contributed by atoms with Gasteiger partial charge in [-0.2, -0.15) is 0 Å². The fourth-order valence-corrected chi connectivity index (χ4v) is 5.11. The Bertz CT molecular complexity index is 998. The number of rotatable bonds is 9. The van der Waals surface area contributed by atoms with Crippen molar-refractivity contribution in [1.29, 1.82) is 0 Å². The Morgan fingerprint density at radius 1 is 1.26 bits per heavy atom. The van der Waals surface area contributed by atoms with Crippen LogP contribution in [0.1, 0.15) is 56.2 Å². The number of alkyl halides is 2. The highest BCUT2D eigenvalue weighted by Crippen LogP contribution is 2.50. The Morgan fingerprint density at radius 3 is 2.68 bits per heavy atom. The zero-order valence-corrected chi connectivity index (χ0v) is 19.5. The summed E-state index contributed by atoms with van der Waals surface area (Å²) in [6, 6.07) is 6.28. The van der Waals surface area contributed by atoms with Crippen molar-refractivity contribution in [1.82, 2.24) is 4.98 Å². The molecule has 34 heavy (non-hydrogen) atoms. The van der Waals surface area contributed by atoms with Gasteiger partial charge in [0.25, 0.3) is 6.43 Å². The molecule has 1 spiro atoms. The lowest BCUT2D eigenvalue weighted by molar-refractivity contribution is -0.147. The van der Waals surface area contributed by atoms with Gasteiger partial charge in [0.1, 0.15) is 18.2 Å². The highest BCUT2D eigenvalue weighted by molar-refractivity contribution is 5.78. The summed E-state index contributed by atoms with van der Waals surface area (Å²) >= 11 is 0. The largest absolute Gasteiger partial charge is 0.487 e. The van der Waals surface area contributed by atoms with Crippen molar-refractivity contribution < 1.29 is 32.2 Å². The average Bonchev–Trinajstić information content (AvgIpc) is 3.28. The molecule has 8 heteroatoms. The Kier molecular flexibility index (Phi) is 7.45. The lowest BCUT2D eigenvalue weighted by Gasteiger charge is -2.45. The molecule has 1 saturated heterocycles. The van der Waals surface area contributed by atoms with E-state index in [1.165, 1.54) is 18.3 Å². The summed E-state index contributed by atoms with van der Waals surface area (Å²) < 4.78 is 56.7. The van der Waals surface area contributed by atoms with Crippen molar-refractivity contribution >= 4 is 5.97 Å². The van der Waals surface area contributed by atoms with E-state index in [-0.39, 0.29) is 29.5 Å². The highest BCUT2D eigenvalue weighted by atomic mass is 19.3. The molecule has 184 valence electrons. The minimum absolute atomic E-state index is 0.0154. The van der Waals surface area contributed by atoms with Gasteiger partial charge in [0.05, 0.1) is 29.4 Å². The third-order valence-corrected chi connectivity index (χ3v) is 6.74. The Hall–Kier alpha value is -2.61. The number of esters is 1. The number of aromatic nitrogens is 1. The standard InChI is InChI=1S/C26H30F3NO4/c1-3-32-25(31)19(11-17-12-26(13-17)9-4-10-34-26)20-7-6-18(14-30-20)23-21(33-15-22(27)28)8-5-16(2)24(23)29/h5-8,14,17,19,22H,3-4,9-13,15H2,1-2H3. The normalized spacial score (nSPS) is 22.6. The van der Waals surface area contributed by atoms with Crippen LogP contribution in [0.2, 0.25) is 0 Å². The second-order valence-corrected chi connectivity index (χ2v) is 9.19. The number of hydrogen-bond donors (Lipinski definition) is 0. The van der Waals surface area contributed by atoms with Gasteiger partial charge in [-0.05, 0) is 69.6 Å². The Labute approximate surface area is 197 Å².